The zero-order valence-electron chi connectivity index (χ0n) is 20.1. The molecule has 0 saturated carbocycles. The lowest BCUT2D eigenvalue weighted by molar-refractivity contribution is -0.138. The van der Waals surface area contributed by atoms with E-state index in [1.54, 1.807) is 21.6 Å². The van der Waals surface area contributed by atoms with Gasteiger partial charge < -0.3 is 15.7 Å². The number of rotatable bonds is 14. The van der Waals surface area contributed by atoms with E-state index in [2.05, 4.69) is 10.6 Å². The molecule has 0 saturated heterocycles. The zero-order valence-corrected chi connectivity index (χ0v) is 21.7. The number of aliphatic hydroxyl groups is 1. The van der Waals surface area contributed by atoms with Crippen LogP contribution in [0.15, 0.2) is 60.4 Å². The van der Waals surface area contributed by atoms with Gasteiger partial charge in [0, 0.05) is 36.6 Å². The van der Waals surface area contributed by atoms with Gasteiger partial charge in [-0.05, 0) is 49.1 Å². The molecule has 5 nitrogen and oxygen atoms in total. The summed E-state index contributed by atoms with van der Waals surface area (Å²) in [6.45, 7) is 1.75. The van der Waals surface area contributed by atoms with E-state index in [0.29, 0.717) is 30.5 Å². The fraction of sp³-hybridized carbons (Fsp3) is 0.385. The lowest BCUT2D eigenvalue weighted by Gasteiger charge is -2.13. The summed E-state index contributed by atoms with van der Waals surface area (Å²) < 4.78 is 39.3. The third-order valence-electron chi connectivity index (χ3n) is 5.19. The minimum absolute atomic E-state index is 0.000863. The second-order valence-corrected chi connectivity index (χ2v) is 10.8. The maximum Gasteiger partial charge on any atom is 0.416 e. The molecule has 0 fully saturated rings. The first kappa shape index (κ1) is 29.6. The van der Waals surface area contributed by atoms with Crippen LogP contribution in [0.2, 0.25) is 0 Å². The summed E-state index contributed by atoms with van der Waals surface area (Å²) in [6.07, 6.45) is -0.692. The van der Waals surface area contributed by atoms with Crippen LogP contribution in [0.5, 0.6) is 0 Å². The maximum atomic E-state index is 13.1. The Balaban J connectivity index is 1.56. The molecule has 36 heavy (non-hydrogen) atoms. The first-order valence-electron chi connectivity index (χ1n) is 11.6. The van der Waals surface area contributed by atoms with Crippen LogP contribution in [0, 0.1) is 6.92 Å². The van der Waals surface area contributed by atoms with E-state index in [1.165, 1.54) is 19.1 Å². The van der Waals surface area contributed by atoms with Crippen molar-refractivity contribution in [1.82, 2.24) is 5.32 Å². The van der Waals surface area contributed by atoms with E-state index >= 15 is 0 Å². The number of aliphatic hydroxyl groups excluding tert-OH is 1. The summed E-state index contributed by atoms with van der Waals surface area (Å²) in [7, 11) is 3.29. The first-order valence-corrected chi connectivity index (χ1v) is 14.1. The van der Waals surface area contributed by atoms with Crippen molar-refractivity contribution in [1.29, 1.82) is 0 Å². The minimum atomic E-state index is -4.47. The molecular formula is C26H31F3N2O3S2. The molecule has 2 aromatic carbocycles. The van der Waals surface area contributed by atoms with E-state index in [9.17, 15) is 27.9 Å². The second kappa shape index (κ2) is 15.5. The number of hydrogen-bond donors (Lipinski definition) is 3. The number of carbonyl (C=O) groups is 2. The quantitative estimate of drug-likeness (QED) is 0.108. The number of aryl methyl sites for hydroxylation is 1. The second-order valence-electron chi connectivity index (χ2n) is 8.10. The van der Waals surface area contributed by atoms with Gasteiger partial charge in [-0.3, -0.25) is 9.59 Å². The number of halogens is 3. The Kier molecular flexibility index (Phi) is 12.8. The van der Waals surface area contributed by atoms with E-state index in [-0.39, 0.29) is 23.5 Å². The van der Waals surface area contributed by atoms with Gasteiger partial charge in [-0.15, -0.1) is 0 Å². The topological polar surface area (TPSA) is 78.4 Å². The van der Waals surface area contributed by atoms with Gasteiger partial charge in [0.05, 0.1) is 17.4 Å². The van der Waals surface area contributed by atoms with Crippen molar-refractivity contribution in [3.05, 3.63) is 77.1 Å². The highest BCUT2D eigenvalue weighted by molar-refractivity contribution is 8.76. The highest BCUT2D eigenvalue weighted by atomic mass is 33.1. The SMILES string of the molecule is Cc1ccc(C/C(=C\O)C(=O)NCCSSCCCCCC(=O)Nc2ccccc2)cc1C(F)(F)F. The van der Waals surface area contributed by atoms with Crippen molar-refractivity contribution in [2.75, 3.05) is 23.4 Å². The molecule has 2 aromatic rings. The van der Waals surface area contributed by atoms with Gasteiger partial charge in [0.2, 0.25) is 5.91 Å². The lowest BCUT2D eigenvalue weighted by atomic mass is 9.99. The summed E-state index contributed by atoms with van der Waals surface area (Å²) in [5.74, 6) is 1.08. The van der Waals surface area contributed by atoms with Crippen LogP contribution in [0.3, 0.4) is 0 Å². The molecule has 2 rings (SSSR count). The molecule has 0 unspecified atom stereocenters. The number of nitrogens with one attached hydrogen (secondary N) is 2. The predicted molar refractivity (Wildman–Crippen MR) is 142 cm³/mol. The zero-order chi connectivity index (χ0) is 26.4. The molecule has 0 aliphatic heterocycles. The van der Waals surface area contributed by atoms with Crippen LogP contribution in [-0.2, 0) is 22.2 Å². The molecule has 196 valence electrons. The number of unbranched alkanes of at least 4 members (excludes halogenated alkanes) is 2. The Morgan fingerprint density at radius 1 is 1.00 bits per heavy atom. The summed E-state index contributed by atoms with van der Waals surface area (Å²) >= 11 is 0. The van der Waals surface area contributed by atoms with Crippen LogP contribution in [0.1, 0.15) is 42.4 Å². The fourth-order valence-electron chi connectivity index (χ4n) is 3.29. The smallest absolute Gasteiger partial charge is 0.416 e. The van der Waals surface area contributed by atoms with Crippen molar-refractivity contribution in [3.8, 4) is 0 Å². The molecule has 10 heteroatoms. The number of para-hydroxylation sites is 1. The van der Waals surface area contributed by atoms with Crippen molar-refractivity contribution >= 4 is 39.1 Å². The molecular weight excluding hydrogens is 509 g/mol. The van der Waals surface area contributed by atoms with Crippen LogP contribution in [0.4, 0.5) is 18.9 Å². The fourth-order valence-corrected chi connectivity index (χ4v) is 5.35. The summed E-state index contributed by atoms with van der Waals surface area (Å²) in [4.78, 5) is 24.2. The van der Waals surface area contributed by atoms with E-state index in [4.69, 9.17) is 0 Å². The van der Waals surface area contributed by atoms with Crippen molar-refractivity contribution < 1.29 is 27.9 Å². The maximum absolute atomic E-state index is 13.1. The van der Waals surface area contributed by atoms with Gasteiger partial charge in [-0.25, -0.2) is 0 Å². The van der Waals surface area contributed by atoms with Crippen molar-refractivity contribution in [2.45, 2.75) is 45.2 Å². The first-order chi connectivity index (χ1) is 17.2. The summed E-state index contributed by atoms with van der Waals surface area (Å²) in [6, 6.07) is 13.2. The van der Waals surface area contributed by atoms with Crippen LogP contribution < -0.4 is 10.6 Å². The molecule has 2 amide bonds. The summed E-state index contributed by atoms with van der Waals surface area (Å²) in [5.41, 5.74) is 0.454. The largest absolute Gasteiger partial charge is 0.515 e. The van der Waals surface area contributed by atoms with Gasteiger partial charge in [-0.1, -0.05) is 58.3 Å². The molecule has 0 spiro atoms. The molecule has 0 atom stereocenters. The van der Waals surface area contributed by atoms with Crippen LogP contribution in [0.25, 0.3) is 0 Å². The highest BCUT2D eigenvalue weighted by Gasteiger charge is 2.32. The van der Waals surface area contributed by atoms with Crippen molar-refractivity contribution in [3.63, 3.8) is 0 Å². The predicted octanol–water partition coefficient (Wildman–Crippen LogP) is 6.69. The number of amides is 2. The van der Waals surface area contributed by atoms with Gasteiger partial charge >= 0.3 is 6.18 Å². The Morgan fingerprint density at radius 2 is 1.72 bits per heavy atom. The minimum Gasteiger partial charge on any atom is -0.515 e. The molecule has 0 bridgehead atoms. The number of hydrogen-bond acceptors (Lipinski definition) is 5. The van der Waals surface area contributed by atoms with E-state index < -0.39 is 17.6 Å². The van der Waals surface area contributed by atoms with Crippen LogP contribution in [-0.4, -0.2) is 35.0 Å². The number of anilines is 1. The van der Waals surface area contributed by atoms with Gasteiger partial charge in [0.1, 0.15) is 0 Å². The van der Waals surface area contributed by atoms with Gasteiger partial charge in [0.25, 0.3) is 5.91 Å². The van der Waals surface area contributed by atoms with E-state index in [1.807, 2.05) is 30.3 Å². The number of alkyl halides is 3. The van der Waals surface area contributed by atoms with Crippen molar-refractivity contribution in [2.24, 2.45) is 0 Å². The van der Waals surface area contributed by atoms with Gasteiger partial charge in [0.15, 0.2) is 0 Å². The van der Waals surface area contributed by atoms with Gasteiger partial charge in [-0.2, -0.15) is 13.2 Å². The number of benzene rings is 2. The highest BCUT2D eigenvalue weighted by Crippen LogP contribution is 2.32. The van der Waals surface area contributed by atoms with E-state index in [0.717, 1.165) is 36.8 Å². The average Bonchev–Trinajstić information content (AvgIpc) is 2.84. The molecule has 0 aliphatic carbocycles. The lowest BCUT2D eigenvalue weighted by Crippen LogP contribution is -2.28. The normalized spacial score (nSPS) is 11.8. The third-order valence-corrected chi connectivity index (χ3v) is 7.69. The monoisotopic (exact) mass is 540 g/mol. The molecule has 0 heterocycles. The Morgan fingerprint density at radius 3 is 2.42 bits per heavy atom. The Hall–Kier alpha value is -2.59. The average molecular weight is 541 g/mol. The molecule has 0 radical (unpaired) electrons. The standard InChI is InChI=1S/C26H31F3N2O3S2/c1-19-11-12-20(17-23(19)26(27,28)29)16-21(18-32)25(34)30-13-15-36-35-14-7-3-6-10-24(33)31-22-8-4-2-5-9-22/h2,4-5,8-9,11-12,17-18,32H,3,6-7,10,13-16H2,1H3,(H,30,34)(H,31,33)/b21-18+. The Bertz CT molecular complexity index is 1020. The third kappa shape index (κ3) is 11.0. The van der Waals surface area contributed by atoms with Crippen LogP contribution >= 0.6 is 21.6 Å². The molecule has 0 aliphatic rings. The number of carbonyl (C=O) groups excluding carboxylic acids is 2. The summed E-state index contributed by atoms with van der Waals surface area (Å²) in [5, 5.41) is 15.0. The molecule has 3 N–H and O–H groups in total. The molecule has 0 aromatic heterocycles. The Labute approximate surface area is 217 Å².